The first kappa shape index (κ1) is 12.0. The molecule has 1 aromatic rings. The number of hydrogen-bond donors (Lipinski definition) is 4. The SMILES string of the molecule is N=c1c(N)c2c(=O)c3ccccc3c(=O)c-2c(N)c1=N. The maximum Gasteiger partial charge on any atom is 0.196 e. The van der Waals surface area contributed by atoms with Gasteiger partial charge >= 0.3 is 0 Å². The second-order valence-electron chi connectivity index (χ2n) is 4.53. The predicted octanol–water partition coefficient (Wildman–Crippen LogP) is -0.336. The maximum atomic E-state index is 12.5. The zero-order chi connectivity index (χ0) is 14.6. The smallest absolute Gasteiger partial charge is 0.196 e. The van der Waals surface area contributed by atoms with Gasteiger partial charge in [0.15, 0.2) is 10.9 Å². The molecule has 98 valence electrons. The zero-order valence-electron chi connectivity index (χ0n) is 10.3. The van der Waals surface area contributed by atoms with Crippen molar-refractivity contribution < 1.29 is 0 Å². The van der Waals surface area contributed by atoms with Crippen LogP contribution in [0.3, 0.4) is 0 Å². The van der Waals surface area contributed by atoms with E-state index in [9.17, 15) is 9.59 Å². The molecule has 20 heavy (non-hydrogen) atoms. The molecule has 0 aromatic heterocycles. The van der Waals surface area contributed by atoms with Gasteiger partial charge in [-0.2, -0.15) is 0 Å². The van der Waals surface area contributed by atoms with Gasteiger partial charge in [-0.15, -0.1) is 0 Å². The molecule has 0 radical (unpaired) electrons. The molecular formula is C14H10N4O2. The highest BCUT2D eigenvalue weighted by molar-refractivity contribution is 5.97. The fourth-order valence-corrected chi connectivity index (χ4v) is 2.41. The number of anilines is 2. The van der Waals surface area contributed by atoms with Gasteiger partial charge in [-0.25, -0.2) is 0 Å². The van der Waals surface area contributed by atoms with Crippen LogP contribution in [0.2, 0.25) is 0 Å². The van der Waals surface area contributed by atoms with Crippen molar-refractivity contribution in [2.45, 2.75) is 0 Å². The van der Waals surface area contributed by atoms with E-state index in [4.69, 9.17) is 22.3 Å². The molecule has 0 unspecified atom stereocenters. The Labute approximate surface area is 112 Å². The van der Waals surface area contributed by atoms with Crippen LogP contribution in [0.15, 0.2) is 33.9 Å². The number of fused-ring (bicyclic) bond motifs is 2. The first-order valence-corrected chi connectivity index (χ1v) is 5.81. The quantitative estimate of drug-likeness (QED) is 0.327. The van der Waals surface area contributed by atoms with Crippen LogP contribution >= 0.6 is 0 Å². The van der Waals surface area contributed by atoms with Gasteiger partial charge in [-0.1, -0.05) is 24.3 Å². The van der Waals surface area contributed by atoms with Crippen molar-refractivity contribution in [3.63, 3.8) is 0 Å². The molecule has 0 heterocycles. The third-order valence-corrected chi connectivity index (χ3v) is 3.45. The van der Waals surface area contributed by atoms with Crippen LogP contribution in [-0.2, 0) is 0 Å². The van der Waals surface area contributed by atoms with Gasteiger partial charge < -0.3 is 11.5 Å². The molecule has 6 heteroatoms. The van der Waals surface area contributed by atoms with E-state index in [-0.39, 0.29) is 44.0 Å². The third kappa shape index (κ3) is 1.27. The normalized spacial score (nSPS) is 11.2. The third-order valence-electron chi connectivity index (χ3n) is 3.45. The average molecular weight is 266 g/mol. The van der Waals surface area contributed by atoms with E-state index in [2.05, 4.69) is 0 Å². The minimum absolute atomic E-state index is 0.0628. The Kier molecular flexibility index (Phi) is 2.25. The number of nitrogen functional groups attached to an aromatic ring is 2. The summed E-state index contributed by atoms with van der Waals surface area (Å²) in [7, 11) is 0. The van der Waals surface area contributed by atoms with Gasteiger partial charge in [-0.3, -0.25) is 20.4 Å². The van der Waals surface area contributed by atoms with E-state index in [0.29, 0.717) is 0 Å². The maximum absolute atomic E-state index is 12.5. The van der Waals surface area contributed by atoms with Gasteiger partial charge in [0, 0.05) is 10.8 Å². The van der Waals surface area contributed by atoms with Crippen LogP contribution in [-0.4, -0.2) is 0 Å². The summed E-state index contributed by atoms with van der Waals surface area (Å²) < 4.78 is 0. The lowest BCUT2D eigenvalue weighted by atomic mass is 9.93. The molecule has 2 aliphatic rings. The van der Waals surface area contributed by atoms with Crippen molar-refractivity contribution in [2.24, 2.45) is 0 Å². The van der Waals surface area contributed by atoms with Crippen LogP contribution in [0.1, 0.15) is 0 Å². The number of nitrogens with one attached hydrogen (secondary N) is 2. The minimum Gasteiger partial charge on any atom is -0.396 e. The van der Waals surface area contributed by atoms with E-state index in [0.717, 1.165) is 0 Å². The molecule has 3 rings (SSSR count). The van der Waals surface area contributed by atoms with E-state index >= 15 is 0 Å². The Bertz CT molecular complexity index is 961. The molecule has 1 aromatic carbocycles. The summed E-state index contributed by atoms with van der Waals surface area (Å²) in [5.74, 6) is 0. The summed E-state index contributed by atoms with van der Waals surface area (Å²) in [5, 5.41) is 15.2. The van der Waals surface area contributed by atoms with Gasteiger partial charge in [0.2, 0.25) is 0 Å². The van der Waals surface area contributed by atoms with Crippen LogP contribution < -0.4 is 33.0 Å². The molecular weight excluding hydrogens is 256 g/mol. The lowest BCUT2D eigenvalue weighted by Crippen LogP contribution is -2.35. The predicted molar refractivity (Wildman–Crippen MR) is 76.0 cm³/mol. The summed E-state index contributed by atoms with van der Waals surface area (Å²) in [6.45, 7) is 0. The number of benzene rings is 3. The lowest BCUT2D eigenvalue weighted by Gasteiger charge is -2.11. The highest BCUT2D eigenvalue weighted by atomic mass is 16.1. The lowest BCUT2D eigenvalue weighted by molar-refractivity contribution is 1.14. The van der Waals surface area contributed by atoms with Crippen LogP contribution in [0.5, 0.6) is 0 Å². The van der Waals surface area contributed by atoms with Crippen LogP contribution in [0, 0.1) is 10.8 Å². The number of rotatable bonds is 0. The van der Waals surface area contributed by atoms with Crippen molar-refractivity contribution in [3.8, 4) is 11.1 Å². The molecule has 0 aliphatic heterocycles. The topological polar surface area (TPSA) is 134 Å². The second kappa shape index (κ2) is 3.74. The second-order valence-corrected chi connectivity index (χ2v) is 4.53. The van der Waals surface area contributed by atoms with Gasteiger partial charge in [0.1, 0.15) is 10.7 Å². The standard InChI is InChI=1S/C14H10N4O2/c15-9-7-8(10(16)12(18)11(9)17)14(20)6-4-2-1-3-5(6)13(7)19/h1-4,17-18H,15-16H2. The molecule has 0 fully saturated rings. The van der Waals surface area contributed by atoms with E-state index in [1.54, 1.807) is 12.1 Å². The first-order chi connectivity index (χ1) is 9.45. The summed E-state index contributed by atoms with van der Waals surface area (Å²) >= 11 is 0. The van der Waals surface area contributed by atoms with Crippen LogP contribution in [0.4, 0.5) is 11.4 Å². The molecule has 0 bridgehead atoms. The van der Waals surface area contributed by atoms with Crippen LogP contribution in [0.25, 0.3) is 21.9 Å². The van der Waals surface area contributed by atoms with Crippen molar-refractivity contribution in [1.82, 2.24) is 0 Å². The Hall–Kier alpha value is -3.02. The monoisotopic (exact) mass is 266 g/mol. The van der Waals surface area contributed by atoms with E-state index in [1.165, 1.54) is 12.1 Å². The highest BCUT2D eigenvalue weighted by Gasteiger charge is 2.23. The summed E-state index contributed by atoms with van der Waals surface area (Å²) in [6, 6.07) is 6.36. The molecule has 0 spiro atoms. The van der Waals surface area contributed by atoms with Crippen molar-refractivity contribution in [3.05, 3.63) is 55.4 Å². The molecule has 0 atom stereocenters. The molecule has 0 amide bonds. The fraction of sp³-hybridized carbons (Fsp3) is 0. The Morgan fingerprint density at radius 3 is 1.45 bits per heavy atom. The molecule has 6 nitrogen and oxygen atoms in total. The van der Waals surface area contributed by atoms with Crippen molar-refractivity contribution >= 4 is 22.1 Å². The first-order valence-electron chi connectivity index (χ1n) is 5.81. The molecule has 0 saturated carbocycles. The number of hydrogen-bond acceptors (Lipinski definition) is 6. The Morgan fingerprint density at radius 1 is 0.750 bits per heavy atom. The van der Waals surface area contributed by atoms with E-state index < -0.39 is 10.9 Å². The van der Waals surface area contributed by atoms with Crippen molar-refractivity contribution in [2.75, 3.05) is 11.5 Å². The van der Waals surface area contributed by atoms with Gasteiger partial charge in [-0.05, 0) is 0 Å². The summed E-state index contributed by atoms with van der Waals surface area (Å²) in [5.41, 5.74) is 10.1. The molecule has 2 aliphatic carbocycles. The summed E-state index contributed by atoms with van der Waals surface area (Å²) in [6.07, 6.45) is 0. The Balaban J connectivity index is 2.86. The molecule has 0 saturated heterocycles. The number of nitrogens with two attached hydrogens (primary N) is 2. The van der Waals surface area contributed by atoms with Crippen molar-refractivity contribution in [1.29, 1.82) is 10.8 Å². The summed E-state index contributed by atoms with van der Waals surface area (Å²) in [4.78, 5) is 24.9. The van der Waals surface area contributed by atoms with Gasteiger partial charge in [0.05, 0.1) is 22.5 Å². The van der Waals surface area contributed by atoms with E-state index in [1.807, 2.05) is 0 Å². The minimum atomic E-state index is -0.437. The average Bonchev–Trinajstić information content (AvgIpc) is 2.46. The highest BCUT2D eigenvalue weighted by Crippen LogP contribution is 2.24. The zero-order valence-corrected chi connectivity index (χ0v) is 10.3. The van der Waals surface area contributed by atoms with Gasteiger partial charge in [0.25, 0.3) is 0 Å². The fourth-order valence-electron chi connectivity index (χ4n) is 2.41. The molecule has 6 N–H and O–H groups in total. The Morgan fingerprint density at radius 2 is 1.10 bits per heavy atom. The largest absolute Gasteiger partial charge is 0.396 e.